The zero-order valence-corrected chi connectivity index (χ0v) is 37.1. The molecular weight excluding hydrogens is 804 g/mol. The van der Waals surface area contributed by atoms with Crippen LogP contribution in [0.5, 0.6) is 0 Å². The van der Waals surface area contributed by atoms with E-state index in [1.807, 2.05) is 66.0 Å². The number of carbonyl (C=O) groups excluding carboxylic acids is 1. The van der Waals surface area contributed by atoms with Crippen LogP contribution in [0.4, 0.5) is 0 Å². The summed E-state index contributed by atoms with van der Waals surface area (Å²) in [6.07, 6.45) is 4.66. The summed E-state index contributed by atoms with van der Waals surface area (Å²) < 4.78 is 2.13. The van der Waals surface area contributed by atoms with Crippen LogP contribution in [-0.4, -0.2) is 40.8 Å². The van der Waals surface area contributed by atoms with E-state index < -0.39 is 0 Å². The van der Waals surface area contributed by atoms with Gasteiger partial charge in [0, 0.05) is 5.56 Å². The van der Waals surface area contributed by atoms with Crippen molar-refractivity contribution >= 4 is 78.6 Å². The Kier molecular flexibility index (Phi) is 24.8. The number of aldehydes is 1. The normalized spacial score (nSPS) is 13.3. The first-order valence-corrected chi connectivity index (χ1v) is 24.0. The van der Waals surface area contributed by atoms with Crippen molar-refractivity contribution in [2.75, 3.05) is 34.5 Å². The number of benzene rings is 6. The minimum atomic E-state index is 0. The summed E-state index contributed by atoms with van der Waals surface area (Å²) in [4.78, 5) is 10.5. The average Bonchev–Trinajstić information content (AvgIpc) is 3.29. The fourth-order valence-corrected chi connectivity index (χ4v) is 11.7. The maximum Gasteiger partial charge on any atom is 1.00 e. The number of carbonyl (C=O) groups is 1. The summed E-state index contributed by atoms with van der Waals surface area (Å²) >= 11 is 16.1. The maximum atomic E-state index is 10.5. The van der Waals surface area contributed by atoms with Crippen LogP contribution in [0.15, 0.2) is 164 Å². The predicted molar refractivity (Wildman–Crippen MR) is 264 cm³/mol. The standard InChI is InChI=1S/C16H16S2.C16H15S2.C13H10O.C3H8S2.CH4.Li/c2*1-2-5-13(6-3-1)14-7-9-15(10-8-14)16-17-11-4-12-18-16;14-10-11-6-8-13(9-7-11)12-4-2-1-3-5-12;4-2-1-3-5;;/h1-3,5-10,16H,4,11-12H2;1-3,5-10H,4,11-12H2;1-10H;4-5H,1-3H2;1H4;/q;-1;;;;+1. The minimum Gasteiger partial charge on any atom is -0.298 e. The molecule has 57 heavy (non-hydrogen) atoms. The van der Waals surface area contributed by atoms with E-state index in [2.05, 4.69) is 170 Å². The Balaban J connectivity index is 0.000000214. The fraction of sp³-hybridized carbons (Fsp3) is 0.224. The maximum absolute atomic E-state index is 10.5. The third-order valence-corrected chi connectivity index (χ3v) is 14.9. The van der Waals surface area contributed by atoms with Crippen LogP contribution in [0.1, 0.15) is 52.8 Å². The molecule has 0 unspecified atom stereocenters. The summed E-state index contributed by atoms with van der Waals surface area (Å²) in [6.45, 7) is 0. The Morgan fingerprint density at radius 3 is 1.26 bits per heavy atom. The Bertz CT molecular complexity index is 1800. The van der Waals surface area contributed by atoms with Gasteiger partial charge in [-0.15, -0.1) is 35.7 Å². The van der Waals surface area contributed by atoms with Crippen molar-refractivity contribution in [2.45, 2.75) is 31.3 Å². The van der Waals surface area contributed by atoms with Gasteiger partial charge in [0.2, 0.25) is 0 Å². The van der Waals surface area contributed by atoms with Gasteiger partial charge in [-0.25, -0.2) is 0 Å². The molecule has 2 heterocycles. The molecule has 0 amide bonds. The van der Waals surface area contributed by atoms with Crippen molar-refractivity contribution in [1.82, 2.24) is 0 Å². The van der Waals surface area contributed by atoms with E-state index in [4.69, 9.17) is 0 Å². The summed E-state index contributed by atoms with van der Waals surface area (Å²) in [5.74, 6) is 7.06. The molecular formula is C49H53LiOS6. The molecule has 6 aromatic rings. The van der Waals surface area contributed by atoms with E-state index in [9.17, 15) is 4.79 Å². The molecule has 0 saturated carbocycles. The first kappa shape index (κ1) is 48.9. The minimum absolute atomic E-state index is 0. The summed E-state index contributed by atoms with van der Waals surface area (Å²) in [5.41, 5.74) is 11.1. The molecule has 0 N–H and O–H groups in total. The number of thioether (sulfide) groups is 4. The fourth-order valence-electron chi connectivity index (χ4n) is 5.63. The van der Waals surface area contributed by atoms with E-state index in [1.54, 1.807) is 0 Å². The average molecular weight is 857 g/mol. The van der Waals surface area contributed by atoms with Crippen molar-refractivity contribution in [2.24, 2.45) is 0 Å². The van der Waals surface area contributed by atoms with Gasteiger partial charge in [0.1, 0.15) is 6.29 Å². The first-order chi connectivity index (χ1) is 27.2. The molecule has 6 aromatic carbocycles. The molecule has 2 aliphatic heterocycles. The van der Waals surface area contributed by atoms with Gasteiger partial charge in [-0.3, -0.25) is 4.79 Å². The zero-order valence-electron chi connectivity index (χ0n) is 32.0. The monoisotopic (exact) mass is 856 g/mol. The number of thiol groups is 2. The van der Waals surface area contributed by atoms with Gasteiger partial charge < -0.3 is 0 Å². The summed E-state index contributed by atoms with van der Waals surface area (Å²) in [5, 5.41) is 0. The zero-order chi connectivity index (χ0) is 38.3. The Hall–Kier alpha value is -2.44. The largest absolute Gasteiger partial charge is 1.00 e. The van der Waals surface area contributed by atoms with Gasteiger partial charge in [0.05, 0.1) is 4.58 Å². The molecule has 1 nitrogen and oxygen atoms in total. The molecule has 292 valence electrons. The van der Waals surface area contributed by atoms with E-state index in [1.165, 1.54) is 79.4 Å². The van der Waals surface area contributed by atoms with Gasteiger partial charge in [0.15, 0.2) is 0 Å². The van der Waals surface area contributed by atoms with E-state index in [0.29, 0.717) is 10.1 Å². The van der Waals surface area contributed by atoms with Crippen molar-refractivity contribution < 1.29 is 23.7 Å². The number of hydrogen-bond donors (Lipinski definition) is 2. The van der Waals surface area contributed by atoms with Crippen molar-refractivity contribution in [3.63, 3.8) is 0 Å². The SMILES string of the molecule is C.O=Cc1ccc(-c2ccccc2)cc1.SCCCS.[Li+].c1ccc(-c2ccc(C3SCCCS3)cc2)cc1.c1ccc(-c2ccc([C-]3SCCCS3)cc2)cc1. The molecule has 0 atom stereocenters. The molecule has 0 aromatic heterocycles. The molecule has 8 heteroatoms. The molecule has 2 aliphatic rings. The van der Waals surface area contributed by atoms with E-state index >= 15 is 0 Å². The molecule has 0 radical (unpaired) electrons. The molecule has 8 rings (SSSR count). The van der Waals surface area contributed by atoms with Gasteiger partial charge in [-0.1, -0.05) is 152 Å². The van der Waals surface area contributed by atoms with Gasteiger partial charge in [0.25, 0.3) is 0 Å². The van der Waals surface area contributed by atoms with Crippen LogP contribution in [0, 0.1) is 4.58 Å². The van der Waals surface area contributed by atoms with E-state index in [-0.39, 0.29) is 26.3 Å². The molecule has 2 fully saturated rings. The van der Waals surface area contributed by atoms with Crippen LogP contribution < -0.4 is 18.9 Å². The van der Waals surface area contributed by atoms with Crippen molar-refractivity contribution in [3.8, 4) is 33.4 Å². The van der Waals surface area contributed by atoms with Crippen LogP contribution in [0.3, 0.4) is 0 Å². The molecule has 0 spiro atoms. The van der Waals surface area contributed by atoms with E-state index in [0.717, 1.165) is 29.8 Å². The third-order valence-electron chi connectivity index (χ3n) is 8.57. The second-order valence-electron chi connectivity index (χ2n) is 12.6. The number of hydrogen-bond acceptors (Lipinski definition) is 7. The quantitative estimate of drug-likeness (QED) is 0.0685. The smallest absolute Gasteiger partial charge is 0.298 e. The van der Waals surface area contributed by atoms with Crippen molar-refractivity contribution in [1.29, 1.82) is 0 Å². The Morgan fingerprint density at radius 1 is 0.509 bits per heavy atom. The Morgan fingerprint density at radius 2 is 0.877 bits per heavy atom. The van der Waals surface area contributed by atoms with Gasteiger partial charge >= 0.3 is 18.9 Å². The summed E-state index contributed by atoms with van der Waals surface area (Å²) in [7, 11) is 0. The van der Waals surface area contributed by atoms with Crippen LogP contribution in [-0.2, 0) is 0 Å². The van der Waals surface area contributed by atoms with Crippen LogP contribution >= 0.6 is 72.3 Å². The van der Waals surface area contributed by atoms with Crippen molar-refractivity contribution in [3.05, 3.63) is 185 Å². The number of rotatable bonds is 8. The van der Waals surface area contributed by atoms with Gasteiger partial charge in [-0.2, -0.15) is 66.5 Å². The molecule has 2 saturated heterocycles. The third kappa shape index (κ3) is 17.0. The second kappa shape index (κ2) is 28.9. The Labute approximate surface area is 383 Å². The van der Waals surface area contributed by atoms with Crippen LogP contribution in [0.25, 0.3) is 33.4 Å². The van der Waals surface area contributed by atoms with Crippen LogP contribution in [0.2, 0.25) is 0 Å². The predicted octanol–water partition coefficient (Wildman–Crippen LogP) is 12.3. The van der Waals surface area contributed by atoms with Gasteiger partial charge in [-0.05, 0) is 92.7 Å². The first-order valence-electron chi connectivity index (χ1n) is 18.7. The topological polar surface area (TPSA) is 17.1 Å². The second-order valence-corrected chi connectivity index (χ2v) is 18.7. The molecule has 0 bridgehead atoms. The summed E-state index contributed by atoms with van der Waals surface area (Å²) in [6, 6.07) is 56.9. The molecule has 0 aliphatic carbocycles.